The molecule has 0 bridgehead atoms. The highest BCUT2D eigenvalue weighted by Gasteiger charge is 2.14. The lowest BCUT2D eigenvalue weighted by Gasteiger charge is -2.08. The summed E-state index contributed by atoms with van der Waals surface area (Å²) >= 11 is 0. The van der Waals surface area contributed by atoms with Gasteiger partial charge in [-0.25, -0.2) is 0 Å². The van der Waals surface area contributed by atoms with Gasteiger partial charge in [0.1, 0.15) is 11.2 Å². The third kappa shape index (κ3) is 2.41. The van der Waals surface area contributed by atoms with Crippen LogP contribution in [0.15, 0.2) is 95.4 Å². The van der Waals surface area contributed by atoms with Crippen molar-refractivity contribution in [3.05, 3.63) is 96.6 Å². The van der Waals surface area contributed by atoms with E-state index in [1.54, 1.807) is 0 Å². The highest BCUT2D eigenvalue weighted by Crippen LogP contribution is 2.39. The minimum atomic E-state index is 0.932. The summed E-state index contributed by atoms with van der Waals surface area (Å²) in [5, 5.41) is 2.33. The van der Waals surface area contributed by atoms with E-state index in [4.69, 9.17) is 4.42 Å². The molecule has 0 amide bonds. The predicted molar refractivity (Wildman–Crippen MR) is 109 cm³/mol. The highest BCUT2D eigenvalue weighted by atomic mass is 16.3. The molecule has 0 unspecified atom stereocenters. The van der Waals surface area contributed by atoms with E-state index >= 15 is 0 Å². The summed E-state index contributed by atoms with van der Waals surface area (Å²) < 4.78 is 6.25. The van der Waals surface area contributed by atoms with Gasteiger partial charge in [-0.2, -0.15) is 0 Å². The molecule has 1 heterocycles. The number of para-hydroxylation sites is 1. The van der Waals surface area contributed by atoms with Crippen LogP contribution in [0.3, 0.4) is 0 Å². The van der Waals surface area contributed by atoms with Crippen molar-refractivity contribution in [1.29, 1.82) is 0 Å². The van der Waals surface area contributed by atoms with Gasteiger partial charge in [-0.15, -0.1) is 0 Å². The second-order valence-electron chi connectivity index (χ2n) is 6.73. The van der Waals surface area contributed by atoms with E-state index in [2.05, 4.69) is 79.7 Å². The number of hydrogen-bond donors (Lipinski definition) is 0. The Hall–Kier alpha value is -3.32. The Balaban J connectivity index is 1.89. The minimum Gasteiger partial charge on any atom is -0.455 e. The van der Waals surface area contributed by atoms with Crippen molar-refractivity contribution in [1.82, 2.24) is 0 Å². The first-order valence-corrected chi connectivity index (χ1v) is 8.87. The molecular formula is C25H18O. The van der Waals surface area contributed by atoms with Crippen LogP contribution < -0.4 is 0 Å². The molecule has 5 rings (SSSR count). The zero-order chi connectivity index (χ0) is 17.5. The van der Waals surface area contributed by atoms with Gasteiger partial charge < -0.3 is 4.42 Å². The van der Waals surface area contributed by atoms with Crippen LogP contribution in [-0.2, 0) is 0 Å². The molecule has 0 aliphatic rings. The van der Waals surface area contributed by atoms with Gasteiger partial charge in [0.05, 0.1) is 0 Å². The lowest BCUT2D eigenvalue weighted by Crippen LogP contribution is -1.84. The van der Waals surface area contributed by atoms with Gasteiger partial charge in [-0.1, -0.05) is 78.4 Å². The average Bonchev–Trinajstić information content (AvgIpc) is 3.06. The molecule has 0 radical (unpaired) electrons. The molecule has 0 spiro atoms. The van der Waals surface area contributed by atoms with Crippen LogP contribution in [0.5, 0.6) is 0 Å². The SMILES string of the molecule is Cc1cccc(-c2cc(-c3ccccc3)c3oc4ccccc4c3c2)c1. The topological polar surface area (TPSA) is 13.1 Å². The average molecular weight is 334 g/mol. The minimum absolute atomic E-state index is 0.932. The molecule has 0 N–H and O–H groups in total. The quantitative estimate of drug-likeness (QED) is 0.332. The van der Waals surface area contributed by atoms with E-state index < -0.39 is 0 Å². The summed E-state index contributed by atoms with van der Waals surface area (Å²) in [4.78, 5) is 0. The zero-order valence-electron chi connectivity index (χ0n) is 14.6. The number of hydrogen-bond acceptors (Lipinski definition) is 1. The molecule has 0 aliphatic heterocycles. The van der Waals surface area contributed by atoms with Crippen LogP contribution in [0.25, 0.3) is 44.2 Å². The van der Waals surface area contributed by atoms with Crippen LogP contribution in [0.4, 0.5) is 0 Å². The first kappa shape index (κ1) is 15.0. The fourth-order valence-corrected chi connectivity index (χ4v) is 3.65. The second-order valence-corrected chi connectivity index (χ2v) is 6.73. The maximum absolute atomic E-state index is 6.25. The standard InChI is InChI=1S/C25H18O/c1-17-8-7-11-19(14-17)20-15-22(18-9-3-2-4-10-18)25-23(16-20)21-12-5-6-13-24(21)26-25/h2-16H,1H3. The van der Waals surface area contributed by atoms with Crippen molar-refractivity contribution in [3.63, 3.8) is 0 Å². The number of fused-ring (bicyclic) bond motifs is 3. The molecule has 1 aromatic heterocycles. The number of benzene rings is 4. The molecule has 0 atom stereocenters. The molecule has 1 nitrogen and oxygen atoms in total. The summed E-state index contributed by atoms with van der Waals surface area (Å²) in [6, 6.07) is 31.9. The number of rotatable bonds is 2. The van der Waals surface area contributed by atoms with Crippen LogP contribution in [0.2, 0.25) is 0 Å². The third-order valence-electron chi connectivity index (χ3n) is 4.91. The van der Waals surface area contributed by atoms with Crippen molar-refractivity contribution >= 4 is 21.9 Å². The summed E-state index contributed by atoms with van der Waals surface area (Å²) in [5.41, 5.74) is 7.90. The summed E-state index contributed by atoms with van der Waals surface area (Å²) in [6.07, 6.45) is 0. The van der Waals surface area contributed by atoms with Crippen molar-refractivity contribution in [2.24, 2.45) is 0 Å². The normalized spacial score (nSPS) is 11.3. The molecule has 0 saturated carbocycles. The molecule has 1 heteroatoms. The lowest BCUT2D eigenvalue weighted by molar-refractivity contribution is 0.670. The molecule has 5 aromatic rings. The van der Waals surface area contributed by atoms with Crippen molar-refractivity contribution in [2.75, 3.05) is 0 Å². The largest absolute Gasteiger partial charge is 0.455 e. The Morgan fingerprint density at radius 3 is 2.19 bits per heavy atom. The Bertz CT molecular complexity index is 1230. The lowest BCUT2D eigenvalue weighted by atomic mass is 9.95. The van der Waals surface area contributed by atoms with Crippen molar-refractivity contribution in [2.45, 2.75) is 6.92 Å². The molecule has 0 saturated heterocycles. The summed E-state index contributed by atoms with van der Waals surface area (Å²) in [5.74, 6) is 0. The van der Waals surface area contributed by atoms with E-state index in [1.165, 1.54) is 27.6 Å². The Labute approximate surface area is 152 Å². The smallest absolute Gasteiger partial charge is 0.143 e. The first-order chi connectivity index (χ1) is 12.8. The molecule has 4 aromatic carbocycles. The van der Waals surface area contributed by atoms with Gasteiger partial charge in [0, 0.05) is 16.3 Å². The van der Waals surface area contributed by atoms with E-state index in [0.29, 0.717) is 0 Å². The molecule has 0 fully saturated rings. The van der Waals surface area contributed by atoms with Gasteiger partial charge in [0.25, 0.3) is 0 Å². The van der Waals surface area contributed by atoms with Gasteiger partial charge in [0.2, 0.25) is 0 Å². The van der Waals surface area contributed by atoms with Crippen LogP contribution in [0, 0.1) is 6.92 Å². The van der Waals surface area contributed by atoms with E-state index in [1.807, 2.05) is 18.2 Å². The van der Waals surface area contributed by atoms with E-state index in [-0.39, 0.29) is 0 Å². The Kier molecular flexibility index (Phi) is 3.39. The molecular weight excluding hydrogens is 316 g/mol. The fourth-order valence-electron chi connectivity index (χ4n) is 3.65. The van der Waals surface area contributed by atoms with Crippen molar-refractivity contribution in [3.8, 4) is 22.3 Å². The van der Waals surface area contributed by atoms with Crippen LogP contribution in [-0.4, -0.2) is 0 Å². The molecule has 26 heavy (non-hydrogen) atoms. The van der Waals surface area contributed by atoms with Gasteiger partial charge in [-0.3, -0.25) is 0 Å². The Morgan fingerprint density at radius 2 is 1.35 bits per heavy atom. The fraction of sp³-hybridized carbons (Fsp3) is 0.0400. The van der Waals surface area contributed by atoms with Crippen molar-refractivity contribution < 1.29 is 4.42 Å². The number of aryl methyl sites for hydroxylation is 1. The monoisotopic (exact) mass is 334 g/mol. The van der Waals surface area contributed by atoms with Crippen LogP contribution >= 0.6 is 0 Å². The van der Waals surface area contributed by atoms with Gasteiger partial charge >= 0.3 is 0 Å². The maximum Gasteiger partial charge on any atom is 0.143 e. The predicted octanol–water partition coefficient (Wildman–Crippen LogP) is 7.23. The molecule has 124 valence electrons. The maximum atomic E-state index is 6.25. The summed E-state index contributed by atoms with van der Waals surface area (Å²) in [7, 11) is 0. The zero-order valence-corrected chi connectivity index (χ0v) is 14.6. The first-order valence-electron chi connectivity index (χ1n) is 8.87. The summed E-state index contributed by atoms with van der Waals surface area (Å²) in [6.45, 7) is 2.13. The Morgan fingerprint density at radius 1 is 0.577 bits per heavy atom. The van der Waals surface area contributed by atoms with Crippen LogP contribution in [0.1, 0.15) is 5.56 Å². The second kappa shape index (κ2) is 5.89. The third-order valence-corrected chi connectivity index (χ3v) is 4.91. The molecule has 0 aliphatic carbocycles. The highest BCUT2D eigenvalue weighted by molar-refractivity contribution is 6.11. The van der Waals surface area contributed by atoms with Gasteiger partial charge in [0.15, 0.2) is 0 Å². The van der Waals surface area contributed by atoms with Gasteiger partial charge in [-0.05, 0) is 41.8 Å². The van der Waals surface area contributed by atoms with E-state index in [0.717, 1.165) is 22.1 Å². The van der Waals surface area contributed by atoms with E-state index in [9.17, 15) is 0 Å². The number of furan rings is 1.